The van der Waals surface area contributed by atoms with Crippen LogP contribution in [0.4, 0.5) is 5.82 Å². The van der Waals surface area contributed by atoms with Crippen LogP contribution in [-0.4, -0.2) is 11.5 Å². The summed E-state index contributed by atoms with van der Waals surface area (Å²) >= 11 is 3.48. The Morgan fingerprint density at radius 2 is 2.18 bits per heavy atom. The zero-order valence-corrected chi connectivity index (χ0v) is 12.3. The number of rotatable bonds is 3. The van der Waals surface area contributed by atoms with Crippen LogP contribution in [0.3, 0.4) is 0 Å². The van der Waals surface area contributed by atoms with E-state index in [1.165, 1.54) is 31.2 Å². The van der Waals surface area contributed by atoms with Gasteiger partial charge in [0.2, 0.25) is 0 Å². The quantitative estimate of drug-likeness (QED) is 0.895. The van der Waals surface area contributed by atoms with Crippen LogP contribution in [0.5, 0.6) is 0 Å². The van der Waals surface area contributed by atoms with E-state index in [0.717, 1.165) is 28.7 Å². The molecule has 2 rings (SSSR count). The molecule has 0 saturated heterocycles. The van der Waals surface area contributed by atoms with Crippen LogP contribution in [0.25, 0.3) is 0 Å². The zero-order valence-electron chi connectivity index (χ0n) is 10.7. The topological polar surface area (TPSA) is 24.9 Å². The number of anilines is 1. The largest absolute Gasteiger partial charge is 0.370 e. The first kappa shape index (κ1) is 12.9. The van der Waals surface area contributed by atoms with Crippen LogP contribution >= 0.6 is 15.9 Å². The summed E-state index contributed by atoms with van der Waals surface area (Å²) in [5.74, 6) is 2.67. The number of aryl methyl sites for hydroxylation is 1. The highest BCUT2D eigenvalue weighted by atomic mass is 79.9. The lowest BCUT2D eigenvalue weighted by Gasteiger charge is -2.29. The van der Waals surface area contributed by atoms with Crippen molar-refractivity contribution in [2.24, 2.45) is 11.8 Å². The minimum atomic E-state index is 0.814. The average molecular weight is 297 g/mol. The monoisotopic (exact) mass is 296 g/mol. The van der Waals surface area contributed by atoms with Gasteiger partial charge in [0, 0.05) is 17.2 Å². The molecule has 0 bridgehead atoms. The van der Waals surface area contributed by atoms with E-state index in [0.29, 0.717) is 0 Å². The van der Waals surface area contributed by atoms with E-state index >= 15 is 0 Å². The second-order valence-corrected chi connectivity index (χ2v) is 6.08. The van der Waals surface area contributed by atoms with E-state index in [2.05, 4.69) is 46.1 Å². The van der Waals surface area contributed by atoms with Gasteiger partial charge in [0.15, 0.2) is 0 Å². The molecular weight excluding hydrogens is 276 g/mol. The number of aromatic nitrogens is 1. The number of nitrogens with one attached hydrogen (secondary N) is 1. The number of halogens is 1. The van der Waals surface area contributed by atoms with Gasteiger partial charge in [-0.15, -0.1) is 0 Å². The third-order valence-electron chi connectivity index (χ3n) is 3.88. The van der Waals surface area contributed by atoms with Gasteiger partial charge in [-0.1, -0.05) is 26.2 Å². The zero-order chi connectivity index (χ0) is 12.3. The summed E-state index contributed by atoms with van der Waals surface area (Å²) in [5.41, 5.74) is 1.24. The van der Waals surface area contributed by atoms with Gasteiger partial charge in [-0.05, 0) is 52.7 Å². The van der Waals surface area contributed by atoms with E-state index in [-0.39, 0.29) is 0 Å². The molecule has 0 spiro atoms. The van der Waals surface area contributed by atoms with Crippen LogP contribution in [0.2, 0.25) is 0 Å². The van der Waals surface area contributed by atoms with Crippen molar-refractivity contribution in [2.45, 2.75) is 39.5 Å². The van der Waals surface area contributed by atoms with Gasteiger partial charge >= 0.3 is 0 Å². The smallest absolute Gasteiger partial charge is 0.126 e. The standard InChI is InChI=1S/C14H21BrN2/c1-10-5-3-4-6-12(10)8-16-14-7-11(2)13(15)9-17-14/h7,9-10,12H,3-6,8H2,1-2H3,(H,16,17). The summed E-state index contributed by atoms with van der Waals surface area (Å²) in [6, 6.07) is 2.11. The van der Waals surface area contributed by atoms with Crippen LogP contribution < -0.4 is 5.32 Å². The Bertz CT molecular complexity index is 378. The molecule has 2 nitrogen and oxygen atoms in total. The first-order chi connectivity index (χ1) is 8.16. The molecule has 94 valence electrons. The predicted octanol–water partition coefficient (Wildman–Crippen LogP) is 4.39. The maximum Gasteiger partial charge on any atom is 0.126 e. The van der Waals surface area contributed by atoms with Crippen molar-refractivity contribution < 1.29 is 0 Å². The van der Waals surface area contributed by atoms with E-state index in [1.807, 2.05) is 6.20 Å². The highest BCUT2D eigenvalue weighted by Crippen LogP contribution is 2.29. The molecule has 0 amide bonds. The summed E-state index contributed by atoms with van der Waals surface area (Å²) in [4.78, 5) is 4.39. The van der Waals surface area contributed by atoms with Crippen molar-refractivity contribution >= 4 is 21.7 Å². The van der Waals surface area contributed by atoms with E-state index < -0.39 is 0 Å². The molecule has 1 fully saturated rings. The minimum absolute atomic E-state index is 0.814. The molecule has 1 heterocycles. The summed E-state index contributed by atoms with van der Waals surface area (Å²) in [5, 5.41) is 3.48. The Morgan fingerprint density at radius 3 is 2.88 bits per heavy atom. The van der Waals surface area contributed by atoms with E-state index in [4.69, 9.17) is 0 Å². The van der Waals surface area contributed by atoms with Crippen LogP contribution in [0.1, 0.15) is 38.2 Å². The summed E-state index contributed by atoms with van der Waals surface area (Å²) in [7, 11) is 0. The number of nitrogens with zero attached hydrogens (tertiary/aromatic N) is 1. The second-order valence-electron chi connectivity index (χ2n) is 5.22. The van der Waals surface area contributed by atoms with Crippen LogP contribution in [-0.2, 0) is 0 Å². The van der Waals surface area contributed by atoms with Gasteiger partial charge < -0.3 is 5.32 Å². The minimum Gasteiger partial charge on any atom is -0.370 e. The van der Waals surface area contributed by atoms with Crippen LogP contribution in [0.15, 0.2) is 16.7 Å². The number of hydrogen-bond acceptors (Lipinski definition) is 2. The molecule has 1 aliphatic rings. The number of pyridine rings is 1. The molecule has 0 radical (unpaired) electrons. The number of hydrogen-bond donors (Lipinski definition) is 1. The normalized spacial score (nSPS) is 24.6. The van der Waals surface area contributed by atoms with Crippen molar-refractivity contribution in [3.8, 4) is 0 Å². The summed E-state index contributed by atoms with van der Waals surface area (Å²) in [6.45, 7) is 5.54. The van der Waals surface area contributed by atoms with Crippen molar-refractivity contribution in [3.05, 3.63) is 22.3 Å². The SMILES string of the molecule is Cc1cc(NCC2CCCCC2C)ncc1Br. The van der Waals surface area contributed by atoms with Crippen molar-refractivity contribution in [1.82, 2.24) is 4.98 Å². The molecule has 3 heteroatoms. The van der Waals surface area contributed by atoms with Gasteiger partial charge in [0.1, 0.15) is 5.82 Å². The van der Waals surface area contributed by atoms with Gasteiger partial charge in [-0.25, -0.2) is 4.98 Å². The van der Waals surface area contributed by atoms with E-state index in [9.17, 15) is 0 Å². The molecule has 17 heavy (non-hydrogen) atoms. The molecular formula is C14H21BrN2. The summed E-state index contributed by atoms with van der Waals surface area (Å²) in [6.07, 6.45) is 7.43. The molecule has 1 aromatic rings. The molecule has 1 N–H and O–H groups in total. The third-order valence-corrected chi connectivity index (χ3v) is 4.71. The molecule has 1 aromatic heterocycles. The Kier molecular flexibility index (Phi) is 4.43. The van der Waals surface area contributed by atoms with Gasteiger partial charge in [0.25, 0.3) is 0 Å². The van der Waals surface area contributed by atoms with Gasteiger partial charge in [0.05, 0.1) is 0 Å². The first-order valence-corrected chi connectivity index (χ1v) is 7.32. The maximum absolute atomic E-state index is 4.39. The molecule has 1 aliphatic carbocycles. The second kappa shape index (κ2) is 5.85. The fraction of sp³-hybridized carbons (Fsp3) is 0.643. The Labute approximate surface area is 112 Å². The van der Waals surface area contributed by atoms with Crippen molar-refractivity contribution in [3.63, 3.8) is 0 Å². The highest BCUT2D eigenvalue weighted by molar-refractivity contribution is 9.10. The molecule has 1 saturated carbocycles. The predicted molar refractivity (Wildman–Crippen MR) is 76.3 cm³/mol. The van der Waals surface area contributed by atoms with Gasteiger partial charge in [-0.2, -0.15) is 0 Å². The molecule has 0 aliphatic heterocycles. The van der Waals surface area contributed by atoms with Crippen LogP contribution in [0, 0.1) is 18.8 Å². The molecule has 0 aromatic carbocycles. The lowest BCUT2D eigenvalue weighted by molar-refractivity contribution is 0.268. The first-order valence-electron chi connectivity index (χ1n) is 6.53. The lowest BCUT2D eigenvalue weighted by Crippen LogP contribution is -2.24. The average Bonchev–Trinajstić information content (AvgIpc) is 2.32. The van der Waals surface area contributed by atoms with E-state index in [1.54, 1.807) is 0 Å². The van der Waals surface area contributed by atoms with Crippen molar-refractivity contribution in [1.29, 1.82) is 0 Å². The maximum atomic E-state index is 4.39. The van der Waals surface area contributed by atoms with Crippen molar-refractivity contribution in [2.75, 3.05) is 11.9 Å². The van der Waals surface area contributed by atoms with Gasteiger partial charge in [-0.3, -0.25) is 0 Å². The fourth-order valence-corrected chi connectivity index (χ4v) is 2.78. The summed E-state index contributed by atoms with van der Waals surface area (Å²) < 4.78 is 1.08. The Hall–Kier alpha value is -0.570. The fourth-order valence-electron chi connectivity index (χ4n) is 2.57. The lowest BCUT2D eigenvalue weighted by atomic mass is 9.80. The molecule has 2 unspecified atom stereocenters. The molecule has 2 atom stereocenters. The Balaban J connectivity index is 1.90. The Morgan fingerprint density at radius 1 is 1.41 bits per heavy atom. The third kappa shape index (κ3) is 3.44. The highest BCUT2D eigenvalue weighted by Gasteiger charge is 2.20.